The number of carbonyl (C=O) groups is 2. The minimum atomic E-state index is -4.71. The van der Waals surface area contributed by atoms with Gasteiger partial charge in [0.25, 0.3) is 11.7 Å². The number of alkyl halides is 3. The van der Waals surface area contributed by atoms with Crippen LogP contribution < -0.4 is 14.4 Å². The van der Waals surface area contributed by atoms with Crippen LogP contribution >= 0.6 is 0 Å². The fraction of sp³-hybridized carbons (Fsp3) is 0.154. The first kappa shape index (κ1) is 24.8. The van der Waals surface area contributed by atoms with Crippen LogP contribution in [-0.2, 0) is 15.8 Å². The van der Waals surface area contributed by atoms with Gasteiger partial charge in [-0.15, -0.1) is 0 Å². The number of nitrogens with zero attached hydrogens (tertiary/aromatic N) is 1. The van der Waals surface area contributed by atoms with E-state index in [1.807, 2.05) is 0 Å². The number of hydrogen-bond acceptors (Lipinski definition) is 5. The highest BCUT2D eigenvalue weighted by molar-refractivity contribution is 6.51. The first-order chi connectivity index (χ1) is 17.1. The van der Waals surface area contributed by atoms with Gasteiger partial charge in [0.2, 0.25) is 0 Å². The molecule has 1 aliphatic rings. The first-order valence-electron chi connectivity index (χ1n) is 10.5. The zero-order valence-corrected chi connectivity index (χ0v) is 19.0. The third-order valence-corrected chi connectivity index (χ3v) is 5.75. The van der Waals surface area contributed by atoms with Gasteiger partial charge in [0.1, 0.15) is 28.6 Å². The van der Waals surface area contributed by atoms with E-state index in [0.29, 0.717) is 0 Å². The summed E-state index contributed by atoms with van der Waals surface area (Å²) >= 11 is 0. The second-order valence-corrected chi connectivity index (χ2v) is 7.81. The Morgan fingerprint density at radius 1 is 0.917 bits per heavy atom. The Hall–Kier alpha value is -4.34. The van der Waals surface area contributed by atoms with Crippen LogP contribution in [0, 0.1) is 5.82 Å². The van der Waals surface area contributed by atoms with Gasteiger partial charge in [-0.25, -0.2) is 4.39 Å². The minimum Gasteiger partial charge on any atom is -0.506 e. The number of ketones is 1. The Morgan fingerprint density at radius 3 is 2.06 bits per heavy atom. The van der Waals surface area contributed by atoms with Crippen molar-refractivity contribution < 1.29 is 41.7 Å². The number of Topliss-reactive ketones (excluding diaryl/α,β-unsaturated/α-hetero) is 1. The quantitative estimate of drug-likeness (QED) is 0.217. The van der Waals surface area contributed by atoms with Gasteiger partial charge in [-0.05, 0) is 48.0 Å². The van der Waals surface area contributed by atoms with Crippen LogP contribution in [0.25, 0.3) is 5.76 Å². The normalized spacial score (nSPS) is 17.4. The Labute approximate surface area is 203 Å². The second kappa shape index (κ2) is 9.37. The number of anilines is 1. The van der Waals surface area contributed by atoms with E-state index in [9.17, 15) is 32.3 Å². The summed E-state index contributed by atoms with van der Waals surface area (Å²) in [7, 11) is 2.65. The molecule has 0 saturated carbocycles. The molecule has 1 amide bonds. The highest BCUT2D eigenvalue weighted by Crippen LogP contribution is 2.45. The predicted octanol–water partition coefficient (Wildman–Crippen LogP) is 5.49. The molecular formula is C26H19F4NO5. The molecule has 1 atom stereocenters. The van der Waals surface area contributed by atoms with Crippen molar-refractivity contribution in [3.05, 3.63) is 94.8 Å². The number of aliphatic hydroxyl groups is 1. The molecule has 4 rings (SSSR count). The molecule has 1 fully saturated rings. The third kappa shape index (κ3) is 4.26. The van der Waals surface area contributed by atoms with Crippen molar-refractivity contribution in [2.75, 3.05) is 19.1 Å². The molecule has 10 heteroatoms. The van der Waals surface area contributed by atoms with Gasteiger partial charge in [0, 0.05) is 5.69 Å². The summed E-state index contributed by atoms with van der Waals surface area (Å²) in [5.74, 6) is -3.34. The third-order valence-electron chi connectivity index (χ3n) is 5.75. The molecule has 1 N–H and O–H groups in total. The number of amides is 1. The van der Waals surface area contributed by atoms with E-state index in [2.05, 4.69) is 0 Å². The Bertz CT molecular complexity index is 1340. The van der Waals surface area contributed by atoms with Gasteiger partial charge in [-0.3, -0.25) is 14.5 Å². The number of hydrogen-bond donors (Lipinski definition) is 1. The van der Waals surface area contributed by atoms with Crippen LogP contribution in [-0.4, -0.2) is 31.0 Å². The Kier molecular flexibility index (Phi) is 6.45. The molecule has 3 aromatic rings. The zero-order chi connectivity index (χ0) is 26.2. The molecule has 1 unspecified atom stereocenters. The highest BCUT2D eigenvalue weighted by atomic mass is 19.4. The van der Waals surface area contributed by atoms with E-state index >= 15 is 0 Å². The smallest absolute Gasteiger partial charge is 0.416 e. The lowest BCUT2D eigenvalue weighted by Crippen LogP contribution is -2.29. The summed E-state index contributed by atoms with van der Waals surface area (Å²) in [4.78, 5) is 27.3. The SMILES string of the molecule is COc1cccc(OC)c1/C(O)=C1\C(=O)C(=O)N(c2cccc(C(F)(F)F)c2)C1c1ccc(F)cc1. The van der Waals surface area contributed by atoms with E-state index in [-0.39, 0.29) is 28.3 Å². The van der Waals surface area contributed by atoms with E-state index in [0.717, 1.165) is 35.2 Å². The zero-order valence-electron chi connectivity index (χ0n) is 19.0. The summed E-state index contributed by atoms with van der Waals surface area (Å²) in [6, 6.07) is 11.8. The largest absolute Gasteiger partial charge is 0.506 e. The Balaban J connectivity index is 2.01. The maximum atomic E-state index is 13.7. The number of benzene rings is 3. The van der Waals surface area contributed by atoms with Crippen LogP contribution in [0.1, 0.15) is 22.7 Å². The second-order valence-electron chi connectivity index (χ2n) is 7.81. The van der Waals surface area contributed by atoms with Crippen molar-refractivity contribution in [1.29, 1.82) is 0 Å². The molecule has 36 heavy (non-hydrogen) atoms. The van der Waals surface area contributed by atoms with Crippen LogP contribution in [0.3, 0.4) is 0 Å². The van der Waals surface area contributed by atoms with Crippen LogP contribution in [0.5, 0.6) is 11.5 Å². The van der Waals surface area contributed by atoms with Crippen molar-refractivity contribution in [2.24, 2.45) is 0 Å². The molecule has 0 spiro atoms. The average Bonchev–Trinajstić information content (AvgIpc) is 3.13. The fourth-order valence-electron chi connectivity index (χ4n) is 4.11. The maximum Gasteiger partial charge on any atom is 0.416 e. The molecule has 0 radical (unpaired) electrons. The van der Waals surface area contributed by atoms with E-state index in [1.54, 1.807) is 6.07 Å². The van der Waals surface area contributed by atoms with Gasteiger partial charge in [0.15, 0.2) is 0 Å². The van der Waals surface area contributed by atoms with Gasteiger partial charge in [-0.2, -0.15) is 13.2 Å². The molecular weight excluding hydrogens is 482 g/mol. The lowest BCUT2D eigenvalue weighted by atomic mass is 9.94. The van der Waals surface area contributed by atoms with Gasteiger partial charge in [-0.1, -0.05) is 24.3 Å². The van der Waals surface area contributed by atoms with E-state index in [4.69, 9.17) is 9.47 Å². The fourth-order valence-corrected chi connectivity index (χ4v) is 4.11. The molecule has 3 aromatic carbocycles. The number of halogens is 4. The Morgan fingerprint density at radius 2 is 1.50 bits per heavy atom. The van der Waals surface area contributed by atoms with Crippen LogP contribution in [0.4, 0.5) is 23.2 Å². The number of methoxy groups -OCH3 is 2. The van der Waals surface area contributed by atoms with Gasteiger partial charge in [0.05, 0.1) is 31.4 Å². The maximum absolute atomic E-state index is 13.7. The van der Waals surface area contributed by atoms with Crippen molar-refractivity contribution in [2.45, 2.75) is 12.2 Å². The number of rotatable bonds is 5. The number of carbonyl (C=O) groups excluding carboxylic acids is 2. The summed E-state index contributed by atoms with van der Waals surface area (Å²) in [6.07, 6.45) is -4.71. The van der Waals surface area contributed by atoms with Crippen molar-refractivity contribution >= 4 is 23.1 Å². The topological polar surface area (TPSA) is 76.1 Å². The van der Waals surface area contributed by atoms with E-state index in [1.165, 1.54) is 44.6 Å². The first-order valence-corrected chi connectivity index (χ1v) is 10.5. The molecule has 0 aliphatic carbocycles. The van der Waals surface area contributed by atoms with Crippen molar-refractivity contribution in [3.63, 3.8) is 0 Å². The molecule has 1 heterocycles. The number of aliphatic hydroxyl groups excluding tert-OH is 1. The van der Waals surface area contributed by atoms with E-state index < -0.39 is 46.6 Å². The monoisotopic (exact) mass is 501 g/mol. The molecule has 0 bridgehead atoms. The summed E-state index contributed by atoms with van der Waals surface area (Å²) in [5.41, 5.74) is -1.54. The molecule has 186 valence electrons. The summed E-state index contributed by atoms with van der Waals surface area (Å²) < 4.78 is 64.5. The lowest BCUT2D eigenvalue weighted by molar-refractivity contribution is -0.137. The standard InChI is InChI=1S/C26H19F4NO5/c1-35-18-7-4-8-19(36-2)20(18)23(32)21-22(14-9-11-16(27)12-10-14)31(25(34)24(21)33)17-6-3-5-15(13-17)26(28,29)30/h3-13,22,32H,1-2H3/b23-21+. The number of ether oxygens (including phenoxy) is 2. The van der Waals surface area contributed by atoms with Gasteiger partial charge < -0.3 is 14.6 Å². The van der Waals surface area contributed by atoms with Gasteiger partial charge >= 0.3 is 6.18 Å². The summed E-state index contributed by atoms with van der Waals surface area (Å²) in [6.45, 7) is 0. The average molecular weight is 501 g/mol. The van der Waals surface area contributed by atoms with Crippen LogP contribution in [0.15, 0.2) is 72.3 Å². The molecule has 1 aliphatic heterocycles. The molecule has 6 nitrogen and oxygen atoms in total. The molecule has 1 saturated heterocycles. The molecule has 0 aromatic heterocycles. The van der Waals surface area contributed by atoms with Crippen molar-refractivity contribution in [3.8, 4) is 11.5 Å². The summed E-state index contributed by atoms with van der Waals surface area (Å²) in [5, 5.41) is 11.3. The van der Waals surface area contributed by atoms with Crippen molar-refractivity contribution in [1.82, 2.24) is 0 Å². The minimum absolute atomic E-state index is 0.0309. The lowest BCUT2D eigenvalue weighted by Gasteiger charge is -2.26. The predicted molar refractivity (Wildman–Crippen MR) is 122 cm³/mol. The van der Waals surface area contributed by atoms with Crippen LogP contribution in [0.2, 0.25) is 0 Å². The highest BCUT2D eigenvalue weighted by Gasteiger charge is 2.48.